The van der Waals surface area contributed by atoms with E-state index in [1.165, 1.54) is 61.6 Å². The minimum Gasteiger partial charge on any atom is -0.351 e. The number of hydrogen-bond donors (Lipinski definition) is 1. The van der Waals surface area contributed by atoms with Crippen LogP contribution in [-0.4, -0.2) is 22.2 Å². The van der Waals surface area contributed by atoms with Gasteiger partial charge in [0.2, 0.25) is 0 Å². The molecule has 2 aromatic rings. The first-order valence-corrected chi connectivity index (χ1v) is 11.5. The van der Waals surface area contributed by atoms with Crippen molar-refractivity contribution in [3.63, 3.8) is 0 Å². The molecule has 1 amide bonds. The van der Waals surface area contributed by atoms with Gasteiger partial charge in [-0.15, -0.1) is 11.3 Å². The Hall–Kier alpha value is -1.83. The van der Waals surface area contributed by atoms with Crippen LogP contribution in [0, 0.1) is 23.2 Å². The number of aryl methyl sites for hydroxylation is 1. The van der Waals surface area contributed by atoms with E-state index < -0.39 is 11.9 Å². The van der Waals surface area contributed by atoms with Gasteiger partial charge in [-0.1, -0.05) is 0 Å². The number of alkyl halides is 3. The quantitative estimate of drug-likeness (QED) is 0.671. The van der Waals surface area contributed by atoms with Gasteiger partial charge in [-0.05, 0) is 86.3 Å². The fourth-order valence-electron chi connectivity index (χ4n) is 6.56. The van der Waals surface area contributed by atoms with Crippen LogP contribution in [-0.2, 0) is 13.2 Å². The highest BCUT2D eigenvalue weighted by molar-refractivity contribution is 7.17. The third kappa shape index (κ3) is 3.67. The van der Waals surface area contributed by atoms with Crippen molar-refractivity contribution in [2.45, 2.75) is 51.1 Å². The molecule has 4 saturated carbocycles. The molecule has 4 aliphatic carbocycles. The highest BCUT2D eigenvalue weighted by Gasteiger charge is 2.50. The predicted octanol–water partition coefficient (Wildman–Crippen LogP) is 5.50. The Bertz CT molecular complexity index is 926. The summed E-state index contributed by atoms with van der Waals surface area (Å²) < 4.78 is 39.9. The molecule has 0 saturated heterocycles. The first-order chi connectivity index (χ1) is 14.2. The summed E-state index contributed by atoms with van der Waals surface area (Å²) in [7, 11) is 1.48. The Balaban J connectivity index is 1.21. The van der Waals surface area contributed by atoms with Gasteiger partial charge in [0.15, 0.2) is 5.69 Å². The van der Waals surface area contributed by atoms with Crippen molar-refractivity contribution in [1.29, 1.82) is 0 Å². The van der Waals surface area contributed by atoms with Crippen LogP contribution in [0.25, 0.3) is 10.6 Å². The minimum absolute atomic E-state index is 0.144. The van der Waals surface area contributed by atoms with Gasteiger partial charge in [0.25, 0.3) is 5.91 Å². The number of hydrogen-bond acceptors (Lipinski definition) is 3. The molecule has 2 heterocycles. The lowest BCUT2D eigenvalue weighted by atomic mass is 9.49. The molecule has 4 bridgehead atoms. The zero-order valence-electron chi connectivity index (χ0n) is 17.0. The maximum absolute atomic E-state index is 12.9. The van der Waals surface area contributed by atoms with Crippen LogP contribution in [0.3, 0.4) is 0 Å². The summed E-state index contributed by atoms with van der Waals surface area (Å²) in [6.45, 7) is 0.669. The Morgan fingerprint density at radius 1 is 1.20 bits per heavy atom. The summed E-state index contributed by atoms with van der Waals surface area (Å²) in [4.78, 5) is 13.7. The van der Waals surface area contributed by atoms with Gasteiger partial charge >= 0.3 is 6.18 Å². The number of carbonyl (C=O) groups is 1. The van der Waals surface area contributed by atoms with Crippen molar-refractivity contribution in [1.82, 2.24) is 15.1 Å². The van der Waals surface area contributed by atoms with Crippen LogP contribution in [0.15, 0.2) is 18.2 Å². The van der Waals surface area contributed by atoms with Crippen LogP contribution < -0.4 is 5.32 Å². The molecule has 0 atom stereocenters. The second-order valence-electron chi connectivity index (χ2n) is 9.62. The average molecular weight is 438 g/mol. The second-order valence-corrected chi connectivity index (χ2v) is 10.7. The molecule has 2 aromatic heterocycles. The highest BCUT2D eigenvalue weighted by Crippen LogP contribution is 2.61. The molecule has 30 heavy (non-hydrogen) atoms. The molecule has 0 unspecified atom stereocenters. The normalized spacial score (nSPS) is 30.1. The maximum Gasteiger partial charge on any atom is 0.435 e. The first-order valence-electron chi connectivity index (χ1n) is 10.7. The van der Waals surface area contributed by atoms with Crippen LogP contribution in [0.2, 0.25) is 0 Å². The summed E-state index contributed by atoms with van der Waals surface area (Å²) >= 11 is 1.20. The molecule has 0 radical (unpaired) electrons. The Kier molecular flexibility index (Phi) is 4.76. The molecule has 0 spiro atoms. The summed E-state index contributed by atoms with van der Waals surface area (Å²) in [5, 5.41) is 6.60. The molecule has 0 aromatic carbocycles. The van der Waals surface area contributed by atoms with Crippen molar-refractivity contribution in [3.8, 4) is 10.6 Å². The van der Waals surface area contributed by atoms with E-state index in [9.17, 15) is 18.0 Å². The third-order valence-corrected chi connectivity index (χ3v) is 8.46. The zero-order chi connectivity index (χ0) is 21.1. The van der Waals surface area contributed by atoms with E-state index in [-0.39, 0.29) is 5.91 Å². The van der Waals surface area contributed by atoms with E-state index in [4.69, 9.17) is 0 Å². The fourth-order valence-corrected chi connectivity index (χ4v) is 7.53. The predicted molar refractivity (Wildman–Crippen MR) is 109 cm³/mol. The van der Waals surface area contributed by atoms with Crippen LogP contribution >= 0.6 is 11.3 Å². The van der Waals surface area contributed by atoms with Crippen LogP contribution in [0.5, 0.6) is 0 Å². The van der Waals surface area contributed by atoms with E-state index in [2.05, 4.69) is 10.4 Å². The smallest absolute Gasteiger partial charge is 0.351 e. The Labute approximate surface area is 177 Å². The first kappa shape index (κ1) is 20.1. The zero-order valence-corrected chi connectivity index (χ0v) is 17.8. The molecule has 8 heteroatoms. The van der Waals surface area contributed by atoms with E-state index >= 15 is 0 Å². The molecule has 4 nitrogen and oxygen atoms in total. The lowest BCUT2D eigenvalue weighted by Crippen LogP contribution is -2.47. The van der Waals surface area contributed by atoms with E-state index in [1.54, 1.807) is 12.1 Å². The lowest BCUT2D eigenvalue weighted by molar-refractivity contribution is -0.141. The Morgan fingerprint density at radius 2 is 1.83 bits per heavy atom. The van der Waals surface area contributed by atoms with Crippen molar-refractivity contribution < 1.29 is 18.0 Å². The van der Waals surface area contributed by atoms with Crippen molar-refractivity contribution in [2.75, 3.05) is 6.54 Å². The average Bonchev–Trinajstić information content (AvgIpc) is 3.26. The molecular formula is C22H26F3N3OS. The number of carbonyl (C=O) groups excluding carboxylic acids is 1. The SMILES string of the molecule is Cn1nc(C(F)(F)F)cc1-c1ccc(C(=O)NCCC23CC4CC(CC(C4)C2)C3)s1. The summed E-state index contributed by atoms with van der Waals surface area (Å²) in [6.07, 6.45) is 4.75. The van der Waals surface area contributed by atoms with Crippen molar-refractivity contribution in [3.05, 3.63) is 28.8 Å². The number of nitrogens with zero attached hydrogens (tertiary/aromatic N) is 2. The van der Waals surface area contributed by atoms with E-state index in [0.29, 0.717) is 27.4 Å². The standard InChI is InChI=1S/C22H26F3N3OS/c1-28-16(9-19(27-28)22(23,24)25)17-2-3-18(30-17)20(29)26-5-4-21-10-13-6-14(11-21)8-15(7-13)12-21/h2-3,9,13-15H,4-8,10-12H2,1H3,(H,26,29). The third-order valence-electron chi connectivity index (χ3n) is 7.36. The lowest BCUT2D eigenvalue weighted by Gasteiger charge is -2.57. The number of amides is 1. The Morgan fingerprint density at radius 3 is 2.40 bits per heavy atom. The van der Waals surface area contributed by atoms with Gasteiger partial charge in [-0.2, -0.15) is 18.3 Å². The van der Waals surface area contributed by atoms with Crippen LogP contribution in [0.1, 0.15) is 60.3 Å². The fraction of sp³-hybridized carbons (Fsp3) is 0.636. The molecule has 162 valence electrons. The topological polar surface area (TPSA) is 46.9 Å². The molecule has 4 aliphatic rings. The monoisotopic (exact) mass is 437 g/mol. The summed E-state index contributed by atoms with van der Waals surface area (Å²) in [5.74, 6) is 2.54. The highest BCUT2D eigenvalue weighted by atomic mass is 32.1. The number of halogens is 3. The maximum atomic E-state index is 12.9. The number of thiophene rings is 1. The largest absolute Gasteiger partial charge is 0.435 e. The molecule has 0 aliphatic heterocycles. The number of nitrogens with one attached hydrogen (secondary N) is 1. The number of aromatic nitrogens is 2. The van der Waals surface area contributed by atoms with Gasteiger partial charge < -0.3 is 5.32 Å². The van der Waals surface area contributed by atoms with E-state index in [0.717, 1.165) is 30.2 Å². The second kappa shape index (κ2) is 7.11. The van der Waals surface area contributed by atoms with Crippen molar-refractivity contribution in [2.24, 2.45) is 30.2 Å². The van der Waals surface area contributed by atoms with Gasteiger partial charge in [-0.3, -0.25) is 9.48 Å². The minimum atomic E-state index is -4.48. The van der Waals surface area contributed by atoms with Gasteiger partial charge in [0, 0.05) is 13.6 Å². The number of rotatable bonds is 5. The molecular weight excluding hydrogens is 411 g/mol. The summed E-state index contributed by atoms with van der Waals surface area (Å²) in [5.41, 5.74) is -0.138. The molecule has 6 rings (SSSR count). The van der Waals surface area contributed by atoms with E-state index in [1.807, 2.05) is 0 Å². The molecule has 4 fully saturated rings. The van der Waals surface area contributed by atoms with Gasteiger partial charge in [0.1, 0.15) is 0 Å². The van der Waals surface area contributed by atoms with Crippen LogP contribution in [0.4, 0.5) is 13.2 Å². The summed E-state index contributed by atoms with van der Waals surface area (Å²) in [6, 6.07) is 4.40. The van der Waals surface area contributed by atoms with Gasteiger partial charge in [0.05, 0.1) is 15.4 Å². The van der Waals surface area contributed by atoms with Gasteiger partial charge in [-0.25, -0.2) is 0 Å². The molecule has 1 N–H and O–H groups in total. The van der Waals surface area contributed by atoms with Crippen molar-refractivity contribution >= 4 is 17.2 Å².